The molecule has 7 nitrogen and oxygen atoms in total. The third kappa shape index (κ3) is 4.94. The van der Waals surface area contributed by atoms with Gasteiger partial charge in [0.2, 0.25) is 0 Å². The summed E-state index contributed by atoms with van der Waals surface area (Å²) >= 11 is 0. The summed E-state index contributed by atoms with van der Waals surface area (Å²) in [6.45, 7) is 5.17. The minimum Gasteiger partial charge on any atom is -0.457 e. The molecule has 0 aliphatic carbocycles. The number of benzene rings is 2. The molecule has 0 unspecified atom stereocenters. The summed E-state index contributed by atoms with van der Waals surface area (Å²) in [6.07, 6.45) is -0.688. The van der Waals surface area contributed by atoms with Gasteiger partial charge in [-0.25, -0.2) is 4.79 Å². The van der Waals surface area contributed by atoms with Crippen molar-refractivity contribution >= 4 is 17.5 Å². The molecule has 0 saturated carbocycles. The summed E-state index contributed by atoms with van der Waals surface area (Å²) in [6, 6.07) is 13.2. The molecule has 0 radical (unpaired) electrons. The molecule has 0 atom stereocenters. The van der Waals surface area contributed by atoms with E-state index in [1.807, 2.05) is 18.2 Å². The van der Waals surface area contributed by atoms with Crippen LogP contribution in [-0.4, -0.2) is 23.7 Å². The van der Waals surface area contributed by atoms with Gasteiger partial charge in [-0.1, -0.05) is 18.2 Å². The number of rotatable bonds is 4. The fourth-order valence-corrected chi connectivity index (χ4v) is 2.04. The van der Waals surface area contributed by atoms with Gasteiger partial charge in [-0.3, -0.25) is 15.0 Å². The fourth-order valence-electron chi connectivity index (χ4n) is 2.04. The molecule has 2 aromatic carbocycles. The lowest BCUT2D eigenvalue weighted by atomic mass is 10.2. The molecular weight excluding hydrogens is 324 g/mol. The molecule has 0 aliphatic heterocycles. The monoisotopic (exact) mass is 344 g/mol. The van der Waals surface area contributed by atoms with Crippen molar-refractivity contribution in [2.45, 2.75) is 26.4 Å². The fraction of sp³-hybridized carbons (Fsp3) is 0.278. The van der Waals surface area contributed by atoms with E-state index in [4.69, 9.17) is 9.47 Å². The normalized spacial score (nSPS) is 10.9. The predicted molar refractivity (Wildman–Crippen MR) is 94.2 cm³/mol. The lowest BCUT2D eigenvalue weighted by Crippen LogP contribution is -2.34. The molecule has 132 valence electrons. The zero-order valence-electron chi connectivity index (χ0n) is 14.6. The van der Waals surface area contributed by atoms with E-state index in [1.165, 1.54) is 25.2 Å². The Labute approximate surface area is 145 Å². The molecule has 0 fully saturated rings. The van der Waals surface area contributed by atoms with Gasteiger partial charge in [0.05, 0.1) is 4.92 Å². The molecule has 2 rings (SSSR count). The van der Waals surface area contributed by atoms with Crippen molar-refractivity contribution < 1.29 is 19.2 Å². The van der Waals surface area contributed by atoms with E-state index < -0.39 is 16.6 Å². The summed E-state index contributed by atoms with van der Waals surface area (Å²) in [5, 5.41) is 11.3. The maximum atomic E-state index is 12.2. The zero-order chi connectivity index (χ0) is 18.6. The van der Waals surface area contributed by atoms with Gasteiger partial charge < -0.3 is 9.47 Å². The maximum Gasteiger partial charge on any atom is 0.414 e. The summed E-state index contributed by atoms with van der Waals surface area (Å²) in [5.41, 5.74) is -0.834. The Morgan fingerprint density at radius 1 is 1.08 bits per heavy atom. The SMILES string of the molecule is CN(C(=O)OC(C)(C)C)c1cc(Oc2ccccc2)ccc1[N+](=O)[O-]. The highest BCUT2D eigenvalue weighted by molar-refractivity contribution is 5.90. The number of nitro benzene ring substituents is 1. The van der Waals surface area contributed by atoms with Crippen LogP contribution < -0.4 is 9.64 Å². The molecule has 0 saturated heterocycles. The number of para-hydroxylation sites is 1. The number of nitro groups is 1. The molecule has 0 spiro atoms. The minimum atomic E-state index is -0.710. The van der Waals surface area contributed by atoms with Gasteiger partial charge in [-0.15, -0.1) is 0 Å². The Hall–Kier alpha value is -3.09. The van der Waals surface area contributed by atoms with Crippen molar-refractivity contribution in [1.29, 1.82) is 0 Å². The van der Waals surface area contributed by atoms with Gasteiger partial charge in [0, 0.05) is 19.2 Å². The number of hydrogen-bond acceptors (Lipinski definition) is 5. The third-order valence-corrected chi connectivity index (χ3v) is 3.15. The first-order chi connectivity index (χ1) is 11.7. The highest BCUT2D eigenvalue weighted by Gasteiger charge is 2.26. The maximum absolute atomic E-state index is 12.2. The Morgan fingerprint density at radius 2 is 1.72 bits per heavy atom. The zero-order valence-corrected chi connectivity index (χ0v) is 14.6. The average molecular weight is 344 g/mol. The number of amides is 1. The standard InChI is InChI=1S/C18H20N2O5/c1-18(2,3)25-17(21)19(4)16-12-14(10-11-15(16)20(22)23)24-13-8-6-5-7-9-13/h5-12H,1-4H3. The Morgan fingerprint density at radius 3 is 2.28 bits per heavy atom. The lowest BCUT2D eigenvalue weighted by Gasteiger charge is -2.24. The van der Waals surface area contributed by atoms with Crippen LogP contribution in [0.2, 0.25) is 0 Å². The number of nitrogens with zero attached hydrogens (tertiary/aromatic N) is 2. The predicted octanol–water partition coefficient (Wildman–Crippen LogP) is 4.76. The third-order valence-electron chi connectivity index (χ3n) is 3.15. The second-order valence-corrected chi connectivity index (χ2v) is 6.36. The molecule has 2 aromatic rings. The van der Waals surface area contributed by atoms with Crippen molar-refractivity contribution in [2.24, 2.45) is 0 Å². The highest BCUT2D eigenvalue weighted by Crippen LogP contribution is 2.34. The Balaban J connectivity index is 2.34. The number of hydrogen-bond donors (Lipinski definition) is 0. The van der Waals surface area contributed by atoms with E-state index in [9.17, 15) is 14.9 Å². The van der Waals surface area contributed by atoms with Crippen molar-refractivity contribution in [3.63, 3.8) is 0 Å². The van der Waals surface area contributed by atoms with Crippen LogP contribution in [0.3, 0.4) is 0 Å². The van der Waals surface area contributed by atoms with E-state index in [-0.39, 0.29) is 11.4 Å². The smallest absolute Gasteiger partial charge is 0.414 e. The quantitative estimate of drug-likeness (QED) is 0.590. The van der Waals surface area contributed by atoms with Crippen LogP contribution in [0.15, 0.2) is 48.5 Å². The second-order valence-electron chi connectivity index (χ2n) is 6.36. The van der Waals surface area contributed by atoms with Gasteiger partial charge in [0.15, 0.2) is 0 Å². The van der Waals surface area contributed by atoms with Crippen molar-refractivity contribution in [1.82, 2.24) is 0 Å². The van der Waals surface area contributed by atoms with Gasteiger partial charge in [-0.2, -0.15) is 0 Å². The largest absolute Gasteiger partial charge is 0.457 e. The Bertz CT molecular complexity index is 769. The summed E-state index contributed by atoms with van der Waals surface area (Å²) in [7, 11) is 1.42. The van der Waals surface area contributed by atoms with Crippen LogP contribution in [0.4, 0.5) is 16.2 Å². The molecule has 1 amide bonds. The molecule has 7 heteroatoms. The van der Waals surface area contributed by atoms with Gasteiger partial charge >= 0.3 is 6.09 Å². The first-order valence-electron chi connectivity index (χ1n) is 7.65. The molecule has 0 bridgehead atoms. The summed E-state index contributed by atoms with van der Waals surface area (Å²) < 4.78 is 11.0. The summed E-state index contributed by atoms with van der Waals surface area (Å²) in [5.74, 6) is 0.962. The van der Waals surface area contributed by atoms with Crippen LogP contribution in [0.25, 0.3) is 0 Å². The van der Waals surface area contributed by atoms with Crippen LogP contribution in [-0.2, 0) is 4.74 Å². The van der Waals surface area contributed by atoms with Crippen LogP contribution in [0.1, 0.15) is 20.8 Å². The highest BCUT2D eigenvalue weighted by atomic mass is 16.6. The Kier molecular flexibility index (Phi) is 5.26. The molecule has 0 aromatic heterocycles. The molecular formula is C18H20N2O5. The van der Waals surface area contributed by atoms with Crippen LogP contribution in [0, 0.1) is 10.1 Å². The van der Waals surface area contributed by atoms with Gasteiger partial charge in [0.1, 0.15) is 22.8 Å². The molecule has 25 heavy (non-hydrogen) atoms. The summed E-state index contributed by atoms with van der Waals surface area (Å²) in [4.78, 5) is 24.1. The molecule has 0 N–H and O–H groups in total. The van der Waals surface area contributed by atoms with E-state index in [0.29, 0.717) is 11.5 Å². The van der Waals surface area contributed by atoms with E-state index >= 15 is 0 Å². The number of carbonyl (C=O) groups is 1. The van der Waals surface area contributed by atoms with Crippen molar-refractivity contribution in [3.8, 4) is 11.5 Å². The first kappa shape index (κ1) is 18.3. The topological polar surface area (TPSA) is 81.9 Å². The number of anilines is 1. The number of carbonyl (C=O) groups excluding carboxylic acids is 1. The van der Waals surface area contributed by atoms with Crippen LogP contribution >= 0.6 is 0 Å². The lowest BCUT2D eigenvalue weighted by molar-refractivity contribution is -0.384. The molecule has 0 aliphatic rings. The van der Waals surface area contributed by atoms with Gasteiger partial charge in [-0.05, 0) is 39.0 Å². The minimum absolute atomic E-state index is 0.0904. The average Bonchev–Trinajstić information content (AvgIpc) is 2.53. The van der Waals surface area contributed by atoms with E-state index in [1.54, 1.807) is 32.9 Å². The second kappa shape index (κ2) is 7.21. The van der Waals surface area contributed by atoms with E-state index in [0.717, 1.165) is 4.90 Å². The van der Waals surface area contributed by atoms with Crippen LogP contribution in [0.5, 0.6) is 11.5 Å². The van der Waals surface area contributed by atoms with E-state index in [2.05, 4.69) is 0 Å². The molecule has 0 heterocycles. The number of ether oxygens (including phenoxy) is 2. The first-order valence-corrected chi connectivity index (χ1v) is 7.65. The van der Waals surface area contributed by atoms with Gasteiger partial charge in [0.25, 0.3) is 5.69 Å². The van der Waals surface area contributed by atoms with Crippen molar-refractivity contribution in [2.75, 3.05) is 11.9 Å². The van der Waals surface area contributed by atoms with Crippen molar-refractivity contribution in [3.05, 3.63) is 58.6 Å².